The molecule has 0 saturated carbocycles. The Labute approximate surface area is 103 Å². The lowest BCUT2D eigenvalue weighted by molar-refractivity contribution is -0.192. The molecule has 0 saturated heterocycles. The SMILES string of the molecule is NS(=O)(=O)c1c(F)cccc1F.O=C(O)C(F)(F)F. The van der Waals surface area contributed by atoms with Crippen molar-refractivity contribution in [3.8, 4) is 0 Å². The summed E-state index contributed by atoms with van der Waals surface area (Å²) in [5.74, 6) is -5.12. The smallest absolute Gasteiger partial charge is 0.475 e. The number of rotatable bonds is 1. The highest BCUT2D eigenvalue weighted by Gasteiger charge is 2.38. The maximum atomic E-state index is 12.6. The van der Waals surface area contributed by atoms with Crippen LogP contribution in [0.2, 0.25) is 0 Å². The van der Waals surface area contributed by atoms with Gasteiger partial charge in [-0.1, -0.05) is 6.07 Å². The molecule has 0 heterocycles. The van der Waals surface area contributed by atoms with E-state index in [0.717, 1.165) is 18.2 Å². The summed E-state index contributed by atoms with van der Waals surface area (Å²) in [6, 6.07) is 2.70. The first-order valence-corrected chi connectivity index (χ1v) is 5.69. The minimum Gasteiger partial charge on any atom is -0.475 e. The van der Waals surface area contributed by atoms with Crippen LogP contribution in [0, 0.1) is 11.6 Å². The van der Waals surface area contributed by atoms with Gasteiger partial charge in [0, 0.05) is 0 Å². The van der Waals surface area contributed by atoms with E-state index in [1.165, 1.54) is 0 Å². The number of hydrogen-bond acceptors (Lipinski definition) is 3. The number of sulfonamides is 1. The van der Waals surface area contributed by atoms with Crippen LogP contribution in [0.25, 0.3) is 0 Å². The van der Waals surface area contributed by atoms with Crippen molar-refractivity contribution in [2.45, 2.75) is 11.1 Å². The molecule has 3 N–H and O–H groups in total. The lowest BCUT2D eigenvalue weighted by atomic mass is 10.3. The maximum absolute atomic E-state index is 12.6. The molecule has 1 aromatic rings. The van der Waals surface area contributed by atoms with Gasteiger partial charge in [0.15, 0.2) is 4.90 Å². The minimum absolute atomic E-state index is 0.822. The van der Waals surface area contributed by atoms with E-state index in [4.69, 9.17) is 9.90 Å². The lowest BCUT2D eigenvalue weighted by Gasteiger charge is -1.99. The Kier molecular flexibility index (Phi) is 5.38. The zero-order chi connectivity index (χ0) is 15.4. The number of halogens is 5. The molecule has 0 atom stereocenters. The Morgan fingerprint density at radius 3 is 1.63 bits per heavy atom. The molecule has 0 aliphatic rings. The summed E-state index contributed by atoms with van der Waals surface area (Å²) in [7, 11) is -4.31. The van der Waals surface area contributed by atoms with Crippen LogP contribution in [0.15, 0.2) is 23.1 Å². The maximum Gasteiger partial charge on any atom is 0.490 e. The van der Waals surface area contributed by atoms with Crippen LogP contribution in [0.4, 0.5) is 22.0 Å². The van der Waals surface area contributed by atoms with E-state index in [-0.39, 0.29) is 0 Å². The van der Waals surface area contributed by atoms with Gasteiger partial charge in [0.2, 0.25) is 10.0 Å². The summed E-state index contributed by atoms with van der Waals surface area (Å²) in [5, 5.41) is 11.7. The van der Waals surface area contributed by atoms with Crippen molar-refractivity contribution in [3.05, 3.63) is 29.8 Å². The monoisotopic (exact) mass is 307 g/mol. The number of aliphatic carboxylic acids is 1. The second-order valence-corrected chi connectivity index (χ2v) is 4.40. The molecule has 5 nitrogen and oxygen atoms in total. The van der Waals surface area contributed by atoms with Crippen molar-refractivity contribution in [1.29, 1.82) is 0 Å². The van der Waals surface area contributed by atoms with E-state index >= 15 is 0 Å². The molecule has 1 aromatic carbocycles. The molecule has 1 rings (SSSR count). The summed E-state index contributed by atoms with van der Waals surface area (Å²) in [5.41, 5.74) is 0. The second kappa shape index (κ2) is 5.93. The number of carboxylic acid groups (broad SMARTS) is 1. The van der Waals surface area contributed by atoms with Crippen LogP contribution in [0.5, 0.6) is 0 Å². The van der Waals surface area contributed by atoms with E-state index in [1.807, 2.05) is 0 Å². The number of carboxylic acids is 1. The Morgan fingerprint density at radius 1 is 1.16 bits per heavy atom. The summed E-state index contributed by atoms with van der Waals surface area (Å²) in [6.07, 6.45) is -5.08. The minimum atomic E-state index is -5.08. The van der Waals surface area contributed by atoms with Gasteiger partial charge in [-0.25, -0.2) is 27.1 Å². The highest BCUT2D eigenvalue weighted by Crippen LogP contribution is 2.15. The molecular weight excluding hydrogens is 301 g/mol. The first kappa shape index (κ1) is 17.2. The highest BCUT2D eigenvalue weighted by molar-refractivity contribution is 7.89. The number of hydrogen-bond donors (Lipinski definition) is 2. The van der Waals surface area contributed by atoms with E-state index in [1.54, 1.807) is 0 Å². The molecule has 0 radical (unpaired) electrons. The van der Waals surface area contributed by atoms with Crippen LogP contribution in [0.1, 0.15) is 0 Å². The quantitative estimate of drug-likeness (QED) is 0.763. The van der Waals surface area contributed by atoms with Crippen LogP contribution < -0.4 is 5.14 Å². The Hall–Kier alpha value is -1.75. The van der Waals surface area contributed by atoms with Crippen molar-refractivity contribution in [2.24, 2.45) is 5.14 Å². The predicted molar refractivity (Wildman–Crippen MR) is 51.4 cm³/mol. The highest BCUT2D eigenvalue weighted by atomic mass is 32.2. The van der Waals surface area contributed by atoms with Crippen LogP contribution in [0.3, 0.4) is 0 Å². The van der Waals surface area contributed by atoms with Crippen molar-refractivity contribution in [3.63, 3.8) is 0 Å². The predicted octanol–water partition coefficient (Wildman–Crippen LogP) is 1.25. The average Bonchev–Trinajstić information content (AvgIpc) is 2.14. The van der Waals surface area contributed by atoms with Crippen LogP contribution in [-0.4, -0.2) is 25.7 Å². The Bertz CT molecular complexity index is 549. The molecule has 0 aromatic heterocycles. The van der Waals surface area contributed by atoms with Gasteiger partial charge in [0.05, 0.1) is 0 Å². The van der Waals surface area contributed by atoms with Crippen molar-refractivity contribution >= 4 is 16.0 Å². The molecule has 0 aliphatic carbocycles. The number of alkyl halides is 3. The molecule has 0 unspecified atom stereocenters. The number of carbonyl (C=O) groups is 1. The second-order valence-electron chi connectivity index (χ2n) is 2.90. The van der Waals surface area contributed by atoms with E-state index in [0.29, 0.717) is 0 Å². The third kappa shape index (κ3) is 5.61. The van der Waals surface area contributed by atoms with Gasteiger partial charge in [0.25, 0.3) is 0 Å². The summed E-state index contributed by atoms with van der Waals surface area (Å²) >= 11 is 0. The zero-order valence-electron chi connectivity index (χ0n) is 8.78. The molecule has 19 heavy (non-hydrogen) atoms. The Balaban J connectivity index is 0.000000399. The topological polar surface area (TPSA) is 97.5 Å². The summed E-state index contributed by atoms with van der Waals surface area (Å²) in [4.78, 5) is 7.80. The Morgan fingerprint density at radius 2 is 1.47 bits per heavy atom. The van der Waals surface area contributed by atoms with Gasteiger partial charge in [0.1, 0.15) is 11.6 Å². The summed E-state index contributed by atoms with van der Waals surface area (Å²) in [6.45, 7) is 0. The normalized spacial score (nSPS) is 11.5. The lowest BCUT2D eigenvalue weighted by Crippen LogP contribution is -2.21. The standard InChI is InChI=1S/C6H5F2NO2S.C2HF3O2/c7-4-2-1-3-5(8)6(4)12(9,10)11;3-2(4,5)1(6)7/h1-3H,(H2,9,10,11);(H,6,7). The molecule has 0 aliphatic heterocycles. The molecule has 11 heteroatoms. The number of nitrogens with two attached hydrogens (primary N) is 1. The van der Waals surface area contributed by atoms with Gasteiger partial charge in [-0.15, -0.1) is 0 Å². The van der Waals surface area contributed by atoms with Gasteiger partial charge in [-0.3, -0.25) is 0 Å². The first-order valence-electron chi connectivity index (χ1n) is 4.14. The van der Waals surface area contributed by atoms with Gasteiger partial charge >= 0.3 is 12.1 Å². The zero-order valence-corrected chi connectivity index (χ0v) is 9.60. The molecular formula is C8H6F5NO4S. The van der Waals surface area contributed by atoms with Crippen molar-refractivity contribution in [2.75, 3.05) is 0 Å². The number of benzene rings is 1. The third-order valence-electron chi connectivity index (χ3n) is 1.45. The number of primary sulfonamides is 1. The molecule has 0 spiro atoms. The van der Waals surface area contributed by atoms with Crippen LogP contribution >= 0.6 is 0 Å². The van der Waals surface area contributed by atoms with Gasteiger partial charge < -0.3 is 5.11 Å². The van der Waals surface area contributed by atoms with Gasteiger partial charge in [-0.05, 0) is 12.1 Å². The fourth-order valence-corrected chi connectivity index (χ4v) is 1.43. The first-order chi connectivity index (χ1) is 8.37. The molecule has 0 bridgehead atoms. The van der Waals surface area contributed by atoms with Crippen LogP contribution in [-0.2, 0) is 14.8 Å². The van der Waals surface area contributed by atoms with Crippen molar-refractivity contribution in [1.82, 2.24) is 0 Å². The fraction of sp³-hybridized carbons (Fsp3) is 0.125. The van der Waals surface area contributed by atoms with Crippen molar-refractivity contribution < 1.29 is 40.3 Å². The van der Waals surface area contributed by atoms with Gasteiger partial charge in [-0.2, -0.15) is 13.2 Å². The molecule has 108 valence electrons. The largest absolute Gasteiger partial charge is 0.490 e. The summed E-state index contributed by atoms with van der Waals surface area (Å²) < 4.78 is 78.2. The van der Waals surface area contributed by atoms with E-state index < -0.39 is 38.7 Å². The fourth-order valence-electron chi connectivity index (χ4n) is 0.754. The van der Waals surface area contributed by atoms with E-state index in [9.17, 15) is 30.4 Å². The van der Waals surface area contributed by atoms with E-state index in [2.05, 4.69) is 5.14 Å². The molecule has 0 amide bonds. The third-order valence-corrected chi connectivity index (χ3v) is 2.40. The average molecular weight is 307 g/mol. The molecule has 0 fully saturated rings.